The zero-order valence-electron chi connectivity index (χ0n) is 11.4. The number of nitrogen functional groups attached to an aromatic ring is 1. The van der Waals surface area contributed by atoms with E-state index in [0.29, 0.717) is 17.4 Å². The topological polar surface area (TPSA) is 59.1 Å². The Balaban J connectivity index is 2.16. The van der Waals surface area contributed by atoms with Gasteiger partial charge in [-0.2, -0.15) is 0 Å². The van der Waals surface area contributed by atoms with E-state index in [2.05, 4.69) is 29.8 Å². The van der Waals surface area contributed by atoms with Crippen molar-refractivity contribution in [2.24, 2.45) is 17.6 Å². The number of nitrogens with one attached hydrogen (secondary N) is 1. The molecular formula is C15H21BrN2O. The number of amidine groups is 1. The summed E-state index contributed by atoms with van der Waals surface area (Å²) in [5.74, 6) is 2.17. The van der Waals surface area contributed by atoms with Gasteiger partial charge in [0.2, 0.25) is 0 Å². The molecule has 1 saturated carbocycles. The summed E-state index contributed by atoms with van der Waals surface area (Å²) in [6.07, 6.45) is 3.67. The Morgan fingerprint density at radius 2 is 1.89 bits per heavy atom. The van der Waals surface area contributed by atoms with Crippen LogP contribution in [0, 0.1) is 17.2 Å². The molecule has 2 rings (SSSR count). The monoisotopic (exact) mass is 324 g/mol. The van der Waals surface area contributed by atoms with Gasteiger partial charge in [0.15, 0.2) is 0 Å². The molecule has 0 aromatic heterocycles. The van der Waals surface area contributed by atoms with Crippen LogP contribution in [0.1, 0.15) is 38.7 Å². The lowest BCUT2D eigenvalue weighted by atomic mass is 9.82. The average Bonchev–Trinajstić information content (AvgIpc) is 2.30. The summed E-state index contributed by atoms with van der Waals surface area (Å²) in [6.45, 7) is 4.55. The van der Waals surface area contributed by atoms with E-state index in [-0.39, 0.29) is 11.9 Å². The number of rotatable bonds is 3. The van der Waals surface area contributed by atoms with Gasteiger partial charge in [0, 0.05) is 4.47 Å². The third-order valence-corrected chi connectivity index (χ3v) is 4.15. The van der Waals surface area contributed by atoms with E-state index in [1.54, 1.807) is 0 Å². The van der Waals surface area contributed by atoms with E-state index in [1.165, 1.54) is 6.42 Å². The molecule has 4 heteroatoms. The second kappa shape index (κ2) is 5.95. The Bertz CT molecular complexity index is 465. The molecule has 3 nitrogen and oxygen atoms in total. The maximum absolute atomic E-state index is 7.65. The first-order chi connectivity index (χ1) is 8.95. The van der Waals surface area contributed by atoms with Gasteiger partial charge in [-0.3, -0.25) is 5.41 Å². The van der Waals surface area contributed by atoms with Gasteiger partial charge in [0.05, 0.1) is 11.7 Å². The first kappa shape index (κ1) is 14.4. The van der Waals surface area contributed by atoms with Crippen LogP contribution in [-0.2, 0) is 0 Å². The smallest absolute Gasteiger partial charge is 0.130 e. The first-order valence-corrected chi connectivity index (χ1v) is 7.55. The molecule has 0 radical (unpaired) electrons. The number of ether oxygens (including phenoxy) is 1. The maximum atomic E-state index is 7.65. The molecule has 1 aromatic carbocycles. The average molecular weight is 325 g/mol. The lowest BCUT2D eigenvalue weighted by molar-refractivity contribution is 0.101. The fourth-order valence-electron chi connectivity index (χ4n) is 2.96. The number of hydrogen-bond acceptors (Lipinski definition) is 2. The third kappa shape index (κ3) is 3.72. The first-order valence-electron chi connectivity index (χ1n) is 6.76. The highest BCUT2D eigenvalue weighted by Gasteiger charge is 2.26. The highest BCUT2D eigenvalue weighted by atomic mass is 79.9. The summed E-state index contributed by atoms with van der Waals surface area (Å²) >= 11 is 3.40. The van der Waals surface area contributed by atoms with Gasteiger partial charge in [-0.25, -0.2) is 0 Å². The molecule has 1 aliphatic carbocycles. The van der Waals surface area contributed by atoms with Crippen molar-refractivity contribution >= 4 is 21.8 Å². The zero-order valence-corrected chi connectivity index (χ0v) is 13.0. The minimum Gasteiger partial charge on any atom is -0.490 e. The van der Waals surface area contributed by atoms with Crippen molar-refractivity contribution in [3.63, 3.8) is 0 Å². The third-order valence-electron chi connectivity index (χ3n) is 3.66. The molecule has 104 valence electrons. The van der Waals surface area contributed by atoms with Gasteiger partial charge in [0.25, 0.3) is 0 Å². The van der Waals surface area contributed by atoms with E-state index < -0.39 is 0 Å². The molecule has 3 N–H and O–H groups in total. The molecule has 0 heterocycles. The van der Waals surface area contributed by atoms with Crippen LogP contribution < -0.4 is 10.5 Å². The molecule has 0 bridgehead atoms. The lowest BCUT2D eigenvalue weighted by Gasteiger charge is -2.32. The van der Waals surface area contributed by atoms with Crippen molar-refractivity contribution in [3.8, 4) is 5.75 Å². The highest BCUT2D eigenvalue weighted by Crippen LogP contribution is 2.32. The molecule has 2 unspecified atom stereocenters. The molecule has 19 heavy (non-hydrogen) atoms. The maximum Gasteiger partial charge on any atom is 0.130 e. The highest BCUT2D eigenvalue weighted by molar-refractivity contribution is 9.10. The van der Waals surface area contributed by atoms with Crippen molar-refractivity contribution in [3.05, 3.63) is 28.2 Å². The molecular weight excluding hydrogens is 304 g/mol. The largest absolute Gasteiger partial charge is 0.490 e. The fourth-order valence-corrected chi connectivity index (χ4v) is 3.33. The van der Waals surface area contributed by atoms with Crippen LogP contribution in [0.2, 0.25) is 0 Å². The second-order valence-corrected chi connectivity index (χ2v) is 6.63. The molecule has 1 fully saturated rings. The van der Waals surface area contributed by atoms with Gasteiger partial charge < -0.3 is 10.5 Å². The van der Waals surface area contributed by atoms with Crippen LogP contribution in [0.25, 0.3) is 0 Å². The van der Waals surface area contributed by atoms with Crippen molar-refractivity contribution in [2.75, 3.05) is 0 Å². The van der Waals surface area contributed by atoms with Crippen LogP contribution >= 0.6 is 15.9 Å². The summed E-state index contributed by atoms with van der Waals surface area (Å²) in [7, 11) is 0. The Labute approximate surface area is 123 Å². The Hall–Kier alpha value is -1.03. The van der Waals surface area contributed by atoms with Crippen molar-refractivity contribution in [1.82, 2.24) is 0 Å². The van der Waals surface area contributed by atoms with Crippen LogP contribution in [0.5, 0.6) is 5.75 Å². The molecule has 2 atom stereocenters. The fraction of sp³-hybridized carbons (Fsp3) is 0.533. The van der Waals surface area contributed by atoms with Crippen molar-refractivity contribution in [1.29, 1.82) is 5.41 Å². The van der Waals surface area contributed by atoms with Gasteiger partial charge in [-0.1, -0.05) is 29.8 Å². The standard InChI is InChI=1S/C15H21BrN2O/c1-9-5-10(2)7-12(6-9)19-14-4-3-11(16)8-13(14)15(17)18/h3-4,8-10,12H,5-7H2,1-2H3,(H3,17,18). The molecule has 0 aliphatic heterocycles. The molecule has 1 aromatic rings. The van der Waals surface area contributed by atoms with Gasteiger partial charge in [0.1, 0.15) is 11.6 Å². The van der Waals surface area contributed by atoms with Crippen LogP contribution in [0.4, 0.5) is 0 Å². The van der Waals surface area contributed by atoms with E-state index in [0.717, 1.165) is 23.1 Å². The minimum atomic E-state index is 0.0493. The van der Waals surface area contributed by atoms with Gasteiger partial charge in [-0.05, 0) is 49.3 Å². The Morgan fingerprint density at radius 3 is 2.47 bits per heavy atom. The number of halogens is 1. The summed E-state index contributed by atoms with van der Waals surface area (Å²) < 4.78 is 7.01. The normalized spacial score (nSPS) is 27.0. The number of nitrogens with two attached hydrogens (primary N) is 1. The predicted octanol–water partition coefficient (Wildman–Crippen LogP) is 3.94. The zero-order chi connectivity index (χ0) is 14.0. The van der Waals surface area contributed by atoms with Gasteiger partial charge in [-0.15, -0.1) is 0 Å². The summed E-state index contributed by atoms with van der Waals surface area (Å²) in [4.78, 5) is 0. The van der Waals surface area contributed by atoms with Crippen molar-refractivity contribution < 1.29 is 4.74 Å². The lowest BCUT2D eigenvalue weighted by Crippen LogP contribution is -2.29. The molecule has 1 aliphatic rings. The minimum absolute atomic E-state index is 0.0493. The Kier molecular flexibility index (Phi) is 4.50. The quantitative estimate of drug-likeness (QED) is 0.653. The molecule has 0 spiro atoms. The Morgan fingerprint density at radius 1 is 1.26 bits per heavy atom. The van der Waals surface area contributed by atoms with E-state index in [9.17, 15) is 0 Å². The SMILES string of the molecule is CC1CC(C)CC(Oc2ccc(Br)cc2C(=N)N)C1. The van der Waals surface area contributed by atoms with Crippen molar-refractivity contribution in [2.45, 2.75) is 39.2 Å². The van der Waals surface area contributed by atoms with Crippen LogP contribution in [-0.4, -0.2) is 11.9 Å². The van der Waals surface area contributed by atoms with Gasteiger partial charge >= 0.3 is 0 Å². The second-order valence-electron chi connectivity index (χ2n) is 5.71. The van der Waals surface area contributed by atoms with E-state index in [1.807, 2.05) is 18.2 Å². The molecule has 0 amide bonds. The number of benzene rings is 1. The predicted molar refractivity (Wildman–Crippen MR) is 81.8 cm³/mol. The summed E-state index contributed by atoms with van der Waals surface area (Å²) in [5.41, 5.74) is 6.29. The summed E-state index contributed by atoms with van der Waals surface area (Å²) in [6, 6.07) is 5.66. The van der Waals surface area contributed by atoms with Crippen LogP contribution in [0.3, 0.4) is 0 Å². The van der Waals surface area contributed by atoms with Crippen LogP contribution in [0.15, 0.2) is 22.7 Å². The summed E-state index contributed by atoms with van der Waals surface area (Å²) in [5, 5.41) is 7.65. The van der Waals surface area contributed by atoms with E-state index >= 15 is 0 Å². The number of hydrogen-bond donors (Lipinski definition) is 2. The molecule has 0 saturated heterocycles. The van der Waals surface area contributed by atoms with E-state index in [4.69, 9.17) is 15.9 Å².